The van der Waals surface area contributed by atoms with Crippen molar-refractivity contribution in [3.8, 4) is 5.75 Å². The fourth-order valence-corrected chi connectivity index (χ4v) is 5.17. The van der Waals surface area contributed by atoms with E-state index in [1.54, 1.807) is 22.6 Å². The first kappa shape index (κ1) is 25.2. The minimum Gasteiger partial charge on any atom is -0.487 e. The Morgan fingerprint density at radius 3 is 2.77 bits per heavy atom. The van der Waals surface area contributed by atoms with Gasteiger partial charge in [-0.2, -0.15) is 0 Å². The molecule has 1 aromatic carbocycles. The smallest absolute Gasteiger partial charge is 0.274 e. The van der Waals surface area contributed by atoms with Crippen LogP contribution in [0, 0.1) is 11.7 Å². The van der Waals surface area contributed by atoms with Gasteiger partial charge in [0.15, 0.2) is 11.4 Å². The molecule has 1 fully saturated rings. The molecule has 0 radical (unpaired) electrons. The van der Waals surface area contributed by atoms with E-state index in [4.69, 9.17) is 16.3 Å². The van der Waals surface area contributed by atoms with Gasteiger partial charge >= 0.3 is 0 Å². The summed E-state index contributed by atoms with van der Waals surface area (Å²) in [6.45, 7) is 2.44. The average molecular weight is 506 g/mol. The Morgan fingerprint density at radius 1 is 1.34 bits per heavy atom. The summed E-state index contributed by atoms with van der Waals surface area (Å²) < 4.78 is 21.8. The minimum atomic E-state index is -0.704. The van der Waals surface area contributed by atoms with Gasteiger partial charge in [-0.1, -0.05) is 37.1 Å². The Labute approximate surface area is 207 Å². The molecule has 188 valence electrons. The molecule has 35 heavy (non-hydrogen) atoms. The van der Waals surface area contributed by atoms with Crippen molar-refractivity contribution in [3.05, 3.63) is 62.3 Å². The second-order valence-electron chi connectivity index (χ2n) is 9.36. The van der Waals surface area contributed by atoms with E-state index >= 15 is 0 Å². The molecule has 1 saturated carbocycles. The second-order valence-corrected chi connectivity index (χ2v) is 9.77. The van der Waals surface area contributed by atoms with Crippen LogP contribution < -0.4 is 15.5 Å². The lowest BCUT2D eigenvalue weighted by atomic mass is 9.67. The third-order valence-electron chi connectivity index (χ3n) is 6.81. The summed E-state index contributed by atoms with van der Waals surface area (Å²) in [6, 6.07) is 4.47. The molecular weight excluding hydrogens is 477 g/mol. The molecule has 2 N–H and O–H groups in total. The third kappa shape index (κ3) is 4.54. The standard InChI is InChI=1S/C25H29ClFN3O5/c1-3-4-8-35-22-20-24(34)29(2)14-25(9-15(10-25)13-31)30(20)12-17(21(22)32)23(33)28-11-16-6-5-7-18(26)19(16)27/h5-7,12,15,31H,3-4,8-11,13-14H2,1-2H3,(H,28,33)/t15-,25+. The van der Waals surface area contributed by atoms with E-state index < -0.39 is 22.7 Å². The number of halogens is 2. The lowest BCUT2D eigenvalue weighted by molar-refractivity contribution is -0.0104. The predicted octanol–water partition coefficient (Wildman–Crippen LogP) is 2.93. The topological polar surface area (TPSA) is 101 Å². The number of aliphatic hydroxyl groups is 1. The maximum Gasteiger partial charge on any atom is 0.274 e. The molecule has 1 aliphatic heterocycles. The minimum absolute atomic E-state index is 0.0212. The Bertz CT molecular complexity index is 1210. The van der Waals surface area contributed by atoms with Crippen molar-refractivity contribution in [1.82, 2.24) is 14.8 Å². The highest BCUT2D eigenvalue weighted by Crippen LogP contribution is 2.47. The highest BCUT2D eigenvalue weighted by atomic mass is 35.5. The number of nitrogens with one attached hydrogen (secondary N) is 1. The number of carbonyl (C=O) groups excluding carboxylic acids is 2. The number of ether oxygens (including phenoxy) is 1. The first-order valence-corrected chi connectivity index (χ1v) is 12.1. The Hall–Kier alpha value is -2.91. The van der Waals surface area contributed by atoms with Gasteiger partial charge in [-0.05, 0) is 31.2 Å². The number of hydrogen-bond acceptors (Lipinski definition) is 5. The molecule has 1 aliphatic carbocycles. The summed E-state index contributed by atoms with van der Waals surface area (Å²) in [5.74, 6) is -1.79. The highest BCUT2D eigenvalue weighted by molar-refractivity contribution is 6.30. The number of aromatic nitrogens is 1. The van der Waals surface area contributed by atoms with Gasteiger partial charge in [-0.3, -0.25) is 14.4 Å². The molecule has 0 atom stereocenters. The number of carbonyl (C=O) groups is 2. The van der Waals surface area contributed by atoms with Crippen molar-refractivity contribution >= 4 is 23.4 Å². The van der Waals surface area contributed by atoms with Crippen LogP contribution in [0.1, 0.15) is 59.0 Å². The Morgan fingerprint density at radius 2 is 2.09 bits per heavy atom. The van der Waals surface area contributed by atoms with Crippen molar-refractivity contribution < 1.29 is 23.8 Å². The molecular formula is C25H29ClFN3O5. The van der Waals surface area contributed by atoms with Crippen LogP contribution in [0.4, 0.5) is 4.39 Å². The van der Waals surface area contributed by atoms with Crippen LogP contribution in [0.15, 0.2) is 29.2 Å². The van der Waals surface area contributed by atoms with Gasteiger partial charge < -0.3 is 24.6 Å². The number of benzene rings is 1. The monoisotopic (exact) mass is 505 g/mol. The van der Waals surface area contributed by atoms with Crippen molar-refractivity contribution in [2.24, 2.45) is 5.92 Å². The molecule has 4 rings (SSSR count). The van der Waals surface area contributed by atoms with E-state index in [0.717, 1.165) is 6.42 Å². The van der Waals surface area contributed by atoms with Crippen LogP contribution in [-0.2, 0) is 12.1 Å². The number of aliphatic hydroxyl groups excluding tert-OH is 1. The number of rotatable bonds is 8. The van der Waals surface area contributed by atoms with Crippen LogP contribution in [0.3, 0.4) is 0 Å². The van der Waals surface area contributed by atoms with Crippen LogP contribution in [0.2, 0.25) is 5.02 Å². The van der Waals surface area contributed by atoms with Gasteiger partial charge in [-0.25, -0.2) is 4.39 Å². The molecule has 2 aliphatic rings. The fourth-order valence-electron chi connectivity index (χ4n) is 4.98. The second kappa shape index (κ2) is 9.99. The summed E-state index contributed by atoms with van der Waals surface area (Å²) in [5, 5.41) is 12.1. The molecule has 0 bridgehead atoms. The summed E-state index contributed by atoms with van der Waals surface area (Å²) in [4.78, 5) is 41.2. The maximum atomic E-state index is 14.3. The zero-order valence-corrected chi connectivity index (χ0v) is 20.5. The largest absolute Gasteiger partial charge is 0.487 e. The third-order valence-corrected chi connectivity index (χ3v) is 7.10. The van der Waals surface area contributed by atoms with Gasteiger partial charge in [0.2, 0.25) is 5.43 Å². The zero-order valence-electron chi connectivity index (χ0n) is 19.8. The number of amides is 2. The van der Waals surface area contributed by atoms with Crippen LogP contribution >= 0.6 is 11.6 Å². The van der Waals surface area contributed by atoms with Gasteiger partial charge in [0.05, 0.1) is 17.2 Å². The molecule has 2 amide bonds. The molecule has 10 heteroatoms. The van der Waals surface area contributed by atoms with Gasteiger partial charge in [0, 0.05) is 38.5 Å². The van der Waals surface area contributed by atoms with Gasteiger partial charge in [0.1, 0.15) is 11.4 Å². The van der Waals surface area contributed by atoms with Gasteiger partial charge in [0.25, 0.3) is 11.8 Å². The Kier molecular flexibility index (Phi) is 7.19. The molecule has 2 aromatic rings. The van der Waals surface area contributed by atoms with Gasteiger partial charge in [-0.15, -0.1) is 0 Å². The van der Waals surface area contributed by atoms with Crippen molar-refractivity contribution in [2.75, 3.05) is 26.8 Å². The van der Waals surface area contributed by atoms with Crippen molar-refractivity contribution in [3.63, 3.8) is 0 Å². The number of unbranched alkanes of at least 4 members (excludes halogenated alkanes) is 1. The lowest BCUT2D eigenvalue weighted by Crippen LogP contribution is -2.60. The van der Waals surface area contributed by atoms with E-state index in [2.05, 4.69) is 5.32 Å². The predicted molar refractivity (Wildman–Crippen MR) is 128 cm³/mol. The number of fused-ring (bicyclic) bond motifs is 2. The lowest BCUT2D eigenvalue weighted by Gasteiger charge is -2.53. The summed E-state index contributed by atoms with van der Waals surface area (Å²) in [5.41, 5.74) is -1.12. The summed E-state index contributed by atoms with van der Waals surface area (Å²) >= 11 is 5.82. The van der Waals surface area contributed by atoms with E-state index in [-0.39, 0.29) is 59.2 Å². The quantitative estimate of drug-likeness (QED) is 0.537. The van der Waals surface area contributed by atoms with Crippen LogP contribution in [0.5, 0.6) is 5.75 Å². The summed E-state index contributed by atoms with van der Waals surface area (Å²) in [6.07, 6.45) is 4.10. The van der Waals surface area contributed by atoms with Crippen molar-refractivity contribution in [1.29, 1.82) is 0 Å². The van der Waals surface area contributed by atoms with E-state index in [9.17, 15) is 23.9 Å². The molecule has 8 nitrogen and oxygen atoms in total. The van der Waals surface area contributed by atoms with E-state index in [1.807, 2.05) is 6.92 Å². The molecule has 2 heterocycles. The maximum absolute atomic E-state index is 14.3. The van der Waals surface area contributed by atoms with E-state index in [0.29, 0.717) is 25.8 Å². The number of nitrogens with zero attached hydrogens (tertiary/aromatic N) is 2. The number of pyridine rings is 1. The number of likely N-dealkylation sites (N-methyl/N-ethyl adjacent to an activating group) is 1. The van der Waals surface area contributed by atoms with Crippen LogP contribution in [0.25, 0.3) is 0 Å². The zero-order chi connectivity index (χ0) is 25.3. The molecule has 0 unspecified atom stereocenters. The first-order valence-electron chi connectivity index (χ1n) is 11.7. The average Bonchev–Trinajstić information content (AvgIpc) is 2.81. The highest BCUT2D eigenvalue weighted by Gasteiger charge is 2.51. The normalized spacial score (nSPS) is 21.0. The van der Waals surface area contributed by atoms with Crippen molar-refractivity contribution in [2.45, 2.75) is 44.7 Å². The van der Waals surface area contributed by atoms with E-state index in [1.165, 1.54) is 18.3 Å². The van der Waals surface area contributed by atoms with Crippen LogP contribution in [-0.4, -0.2) is 53.2 Å². The SMILES string of the molecule is CCCCOc1c2n(cc(C(=O)NCc3cccc(Cl)c3F)c1=O)[C@]1(CN(C)C2=O)C[C@H](CO)C1. The number of hydrogen-bond donors (Lipinski definition) is 2. The summed E-state index contributed by atoms with van der Waals surface area (Å²) in [7, 11) is 1.67. The Balaban J connectivity index is 1.75. The molecule has 0 saturated heterocycles. The molecule has 1 aromatic heterocycles. The fraction of sp³-hybridized carbons (Fsp3) is 0.480. The first-order chi connectivity index (χ1) is 16.7. The molecule has 1 spiro atoms.